The maximum absolute atomic E-state index is 9.58. The fourth-order valence-corrected chi connectivity index (χ4v) is 1.99. The summed E-state index contributed by atoms with van der Waals surface area (Å²) >= 11 is 0. The minimum atomic E-state index is -1.83. The lowest BCUT2D eigenvalue weighted by Crippen LogP contribution is -1.87. The molecule has 0 fully saturated rings. The Hall–Kier alpha value is -1.71. The van der Waals surface area contributed by atoms with Gasteiger partial charge < -0.3 is 15.3 Å². The fourth-order valence-electron chi connectivity index (χ4n) is 1.99. The van der Waals surface area contributed by atoms with Crippen molar-refractivity contribution in [2.45, 2.75) is 58.3 Å². The van der Waals surface area contributed by atoms with E-state index in [-0.39, 0.29) is 0 Å². The molecule has 0 saturated carbocycles. The lowest BCUT2D eigenvalue weighted by atomic mass is 10.0. The third-order valence-corrected chi connectivity index (χ3v) is 3.04. The van der Waals surface area contributed by atoms with E-state index in [2.05, 4.69) is 6.92 Å². The number of carbonyl (C=O) groups is 1. The predicted octanol–water partition coefficient (Wildman–Crippen LogP) is 4.91. The second-order valence-electron chi connectivity index (χ2n) is 4.78. The number of phenolic OH excluding ortho intramolecular Hbond substituents is 1. The third kappa shape index (κ3) is 11.4. The zero-order valence-electron chi connectivity index (χ0n) is 12.2. The summed E-state index contributed by atoms with van der Waals surface area (Å²) in [7, 11) is 0. The van der Waals surface area contributed by atoms with Crippen LogP contribution in [-0.4, -0.2) is 21.5 Å². The van der Waals surface area contributed by atoms with E-state index in [1.54, 1.807) is 6.07 Å². The minimum absolute atomic E-state index is 0.452. The molecule has 114 valence electrons. The second kappa shape index (κ2) is 12.3. The second-order valence-corrected chi connectivity index (χ2v) is 4.78. The van der Waals surface area contributed by atoms with Crippen LogP contribution < -0.4 is 0 Å². The zero-order chi connectivity index (χ0) is 15.2. The Kier molecular flexibility index (Phi) is 11.3. The number of benzene rings is 1. The molecule has 1 rings (SSSR count). The van der Waals surface area contributed by atoms with Crippen LogP contribution in [0.1, 0.15) is 57.4 Å². The number of unbranched alkanes of at least 4 members (excludes halogenated alkanes) is 6. The van der Waals surface area contributed by atoms with Crippen molar-refractivity contribution in [3.8, 4) is 5.75 Å². The summed E-state index contributed by atoms with van der Waals surface area (Å²) in [6, 6.07) is 7.67. The van der Waals surface area contributed by atoms with Crippen LogP contribution in [0.25, 0.3) is 0 Å². The van der Waals surface area contributed by atoms with E-state index in [0.29, 0.717) is 5.75 Å². The highest BCUT2D eigenvalue weighted by Gasteiger charge is 1.98. The summed E-state index contributed by atoms with van der Waals surface area (Å²) in [4.78, 5) is 8.56. The average molecular weight is 282 g/mol. The Bertz CT molecular complexity index is 359. The predicted molar refractivity (Wildman–Crippen MR) is 80.5 cm³/mol. The van der Waals surface area contributed by atoms with Crippen LogP contribution in [0, 0.1) is 0 Å². The lowest BCUT2D eigenvalue weighted by molar-refractivity contribution is 0.137. The highest BCUT2D eigenvalue weighted by atomic mass is 16.6. The smallest absolute Gasteiger partial charge is 0.503 e. The van der Waals surface area contributed by atoms with E-state index in [1.165, 1.54) is 44.9 Å². The molecule has 0 aliphatic carbocycles. The van der Waals surface area contributed by atoms with Gasteiger partial charge in [0.05, 0.1) is 0 Å². The fraction of sp³-hybridized carbons (Fsp3) is 0.562. The maximum atomic E-state index is 9.58. The third-order valence-electron chi connectivity index (χ3n) is 3.04. The molecule has 20 heavy (non-hydrogen) atoms. The highest BCUT2D eigenvalue weighted by molar-refractivity contribution is 5.53. The van der Waals surface area contributed by atoms with Crippen LogP contribution in [-0.2, 0) is 6.42 Å². The molecule has 0 atom stereocenters. The Morgan fingerprint density at radius 1 is 0.950 bits per heavy atom. The van der Waals surface area contributed by atoms with Gasteiger partial charge in [0, 0.05) is 0 Å². The highest BCUT2D eigenvalue weighted by Crippen LogP contribution is 2.18. The molecule has 0 spiro atoms. The van der Waals surface area contributed by atoms with E-state index in [9.17, 15) is 5.11 Å². The van der Waals surface area contributed by atoms with Gasteiger partial charge in [0.15, 0.2) is 0 Å². The van der Waals surface area contributed by atoms with Gasteiger partial charge in [0.25, 0.3) is 0 Å². The molecule has 0 heterocycles. The first-order valence-electron chi connectivity index (χ1n) is 7.26. The zero-order valence-corrected chi connectivity index (χ0v) is 12.2. The van der Waals surface area contributed by atoms with E-state index >= 15 is 0 Å². The molecular weight excluding hydrogens is 256 g/mol. The summed E-state index contributed by atoms with van der Waals surface area (Å²) in [5, 5.41) is 23.5. The van der Waals surface area contributed by atoms with Crippen molar-refractivity contribution in [2.75, 3.05) is 0 Å². The summed E-state index contributed by atoms with van der Waals surface area (Å²) in [6.45, 7) is 2.25. The summed E-state index contributed by atoms with van der Waals surface area (Å²) in [5.74, 6) is 0.452. The molecule has 0 saturated heterocycles. The number of rotatable bonds is 8. The van der Waals surface area contributed by atoms with E-state index in [0.717, 1.165) is 12.0 Å². The Morgan fingerprint density at radius 3 is 2.00 bits per heavy atom. The molecule has 0 amide bonds. The number of aryl methyl sites for hydroxylation is 1. The van der Waals surface area contributed by atoms with Gasteiger partial charge in [0.2, 0.25) is 0 Å². The van der Waals surface area contributed by atoms with Crippen LogP contribution in [0.2, 0.25) is 0 Å². The lowest BCUT2D eigenvalue weighted by Gasteiger charge is -2.04. The first-order valence-corrected chi connectivity index (χ1v) is 7.26. The SMILES string of the molecule is CCCCCCCCCc1ccccc1O.O=C(O)O. The number of phenols is 1. The van der Waals surface area contributed by atoms with Crippen LogP contribution in [0.4, 0.5) is 4.79 Å². The van der Waals surface area contributed by atoms with Crippen molar-refractivity contribution >= 4 is 6.16 Å². The number of carboxylic acid groups (broad SMARTS) is 2. The van der Waals surface area contributed by atoms with E-state index in [4.69, 9.17) is 15.0 Å². The number of para-hydroxylation sites is 1. The van der Waals surface area contributed by atoms with Crippen molar-refractivity contribution in [1.82, 2.24) is 0 Å². The summed E-state index contributed by atoms with van der Waals surface area (Å²) < 4.78 is 0. The molecule has 4 heteroatoms. The van der Waals surface area contributed by atoms with Gasteiger partial charge in [-0.05, 0) is 24.5 Å². The van der Waals surface area contributed by atoms with Crippen LogP contribution in [0.5, 0.6) is 5.75 Å². The molecule has 3 N–H and O–H groups in total. The van der Waals surface area contributed by atoms with Crippen LogP contribution in [0.15, 0.2) is 24.3 Å². The normalized spacial score (nSPS) is 9.65. The van der Waals surface area contributed by atoms with Gasteiger partial charge in [0.1, 0.15) is 5.75 Å². The number of aromatic hydroxyl groups is 1. The topological polar surface area (TPSA) is 77.8 Å². The molecular formula is C16H26O4. The Balaban J connectivity index is 0.000000796. The largest absolute Gasteiger partial charge is 0.508 e. The number of hydrogen-bond acceptors (Lipinski definition) is 2. The van der Waals surface area contributed by atoms with Gasteiger partial charge in [-0.25, -0.2) is 4.79 Å². The molecule has 0 bridgehead atoms. The van der Waals surface area contributed by atoms with Gasteiger partial charge in [-0.2, -0.15) is 0 Å². The van der Waals surface area contributed by atoms with E-state index in [1.807, 2.05) is 18.2 Å². The molecule has 0 aromatic heterocycles. The van der Waals surface area contributed by atoms with Crippen LogP contribution in [0.3, 0.4) is 0 Å². The average Bonchev–Trinajstić information content (AvgIpc) is 2.39. The van der Waals surface area contributed by atoms with Gasteiger partial charge in [-0.1, -0.05) is 63.6 Å². The summed E-state index contributed by atoms with van der Waals surface area (Å²) in [6.07, 6.45) is 8.45. The van der Waals surface area contributed by atoms with E-state index < -0.39 is 6.16 Å². The van der Waals surface area contributed by atoms with Crippen molar-refractivity contribution in [2.24, 2.45) is 0 Å². The van der Waals surface area contributed by atoms with Crippen molar-refractivity contribution in [3.05, 3.63) is 29.8 Å². The van der Waals surface area contributed by atoms with Gasteiger partial charge in [-0.15, -0.1) is 0 Å². The van der Waals surface area contributed by atoms with Crippen LogP contribution >= 0.6 is 0 Å². The van der Waals surface area contributed by atoms with Crippen molar-refractivity contribution in [1.29, 1.82) is 0 Å². The monoisotopic (exact) mass is 282 g/mol. The van der Waals surface area contributed by atoms with Crippen molar-refractivity contribution < 1.29 is 20.1 Å². The maximum Gasteiger partial charge on any atom is 0.503 e. The molecule has 4 nitrogen and oxygen atoms in total. The standard InChI is InChI=1S/C15H24O.CH2O3/c1-2-3-4-5-6-7-8-11-14-12-9-10-13-15(14)16;2-1(3)4/h9-10,12-13,16H,2-8,11H2,1H3;(H2,2,3,4). The van der Waals surface area contributed by atoms with Gasteiger partial charge >= 0.3 is 6.16 Å². The van der Waals surface area contributed by atoms with Crippen molar-refractivity contribution in [3.63, 3.8) is 0 Å². The summed E-state index contributed by atoms with van der Waals surface area (Å²) in [5.41, 5.74) is 1.09. The molecule has 0 radical (unpaired) electrons. The Morgan fingerprint density at radius 2 is 1.45 bits per heavy atom. The minimum Gasteiger partial charge on any atom is -0.508 e. The molecule has 1 aromatic rings. The molecule has 0 aliphatic heterocycles. The molecule has 1 aromatic carbocycles. The first kappa shape index (κ1) is 18.3. The number of hydrogen-bond donors (Lipinski definition) is 3. The molecule has 0 aliphatic rings. The quantitative estimate of drug-likeness (QED) is 0.592. The Labute approximate surface area is 121 Å². The van der Waals surface area contributed by atoms with Gasteiger partial charge in [-0.3, -0.25) is 0 Å². The molecule has 0 unspecified atom stereocenters. The first-order chi connectivity index (χ1) is 9.57.